The highest BCUT2D eigenvalue weighted by atomic mass is 15.3. The minimum absolute atomic E-state index is 0.713. The van der Waals surface area contributed by atoms with Gasteiger partial charge in [-0.1, -0.05) is 20.3 Å². The molecule has 16 heavy (non-hydrogen) atoms. The second kappa shape index (κ2) is 5.48. The van der Waals surface area contributed by atoms with Crippen LogP contribution < -0.4 is 5.32 Å². The maximum atomic E-state index is 4.41. The summed E-state index contributed by atoms with van der Waals surface area (Å²) < 4.78 is 2.11. The number of hydrogen-bond acceptors (Lipinski definition) is 2. The van der Waals surface area contributed by atoms with Crippen LogP contribution in [0.4, 0.5) is 0 Å². The van der Waals surface area contributed by atoms with Crippen LogP contribution in [0.2, 0.25) is 0 Å². The normalized spacial score (nSPS) is 16.7. The lowest BCUT2D eigenvalue weighted by molar-refractivity contribution is 0.266. The van der Waals surface area contributed by atoms with Crippen LogP contribution in [0.3, 0.4) is 0 Å². The fraction of sp³-hybridized carbons (Fsp3) is 0.769. The first kappa shape index (κ1) is 11.6. The highest BCUT2D eigenvalue weighted by molar-refractivity contribution is 5.03. The predicted molar refractivity (Wildman–Crippen MR) is 66.1 cm³/mol. The summed E-state index contributed by atoms with van der Waals surface area (Å²) in [6.45, 7) is 7.60. The Morgan fingerprint density at radius 1 is 1.50 bits per heavy atom. The Hall–Kier alpha value is -0.830. The molecule has 2 rings (SSSR count). The van der Waals surface area contributed by atoms with E-state index in [0.29, 0.717) is 5.92 Å². The summed E-state index contributed by atoms with van der Waals surface area (Å²) in [5, 5.41) is 7.85. The number of nitrogens with zero attached hydrogens (tertiary/aromatic N) is 2. The van der Waals surface area contributed by atoms with Gasteiger partial charge in [-0.2, -0.15) is 5.10 Å². The van der Waals surface area contributed by atoms with Crippen molar-refractivity contribution in [1.82, 2.24) is 15.1 Å². The van der Waals surface area contributed by atoms with E-state index in [1.165, 1.54) is 24.8 Å². The highest BCUT2D eigenvalue weighted by Crippen LogP contribution is 2.27. The van der Waals surface area contributed by atoms with E-state index in [9.17, 15) is 0 Å². The molecule has 0 saturated heterocycles. The molecule has 0 aromatic carbocycles. The van der Waals surface area contributed by atoms with E-state index in [4.69, 9.17) is 0 Å². The molecule has 0 aliphatic heterocycles. The van der Waals surface area contributed by atoms with Crippen molar-refractivity contribution in [2.45, 2.75) is 46.2 Å². The molecule has 1 N–H and O–H groups in total. The summed E-state index contributed by atoms with van der Waals surface area (Å²) in [7, 11) is 0. The molecule has 1 aliphatic carbocycles. The van der Waals surface area contributed by atoms with Crippen molar-refractivity contribution >= 4 is 0 Å². The molecular formula is C13H23N3. The van der Waals surface area contributed by atoms with Gasteiger partial charge >= 0.3 is 0 Å². The summed E-state index contributed by atoms with van der Waals surface area (Å²) in [5.41, 5.74) is 1.31. The van der Waals surface area contributed by atoms with Crippen LogP contribution in [0.25, 0.3) is 0 Å². The average Bonchev–Trinajstić information content (AvgIpc) is 2.59. The standard InChI is InChI=1S/C13H23N3/c1-11(2)6-14-7-13-8-15-16(10-13)9-12-4-3-5-12/h8,10-12,14H,3-7,9H2,1-2H3. The molecule has 1 fully saturated rings. The topological polar surface area (TPSA) is 29.9 Å². The Labute approximate surface area is 98.2 Å². The Kier molecular flexibility index (Phi) is 3.99. The zero-order chi connectivity index (χ0) is 11.4. The van der Waals surface area contributed by atoms with E-state index >= 15 is 0 Å². The molecule has 1 heterocycles. The van der Waals surface area contributed by atoms with E-state index in [1.54, 1.807) is 0 Å². The number of hydrogen-bond donors (Lipinski definition) is 1. The summed E-state index contributed by atoms with van der Waals surface area (Å²) in [4.78, 5) is 0. The van der Waals surface area contributed by atoms with Crippen molar-refractivity contribution in [2.75, 3.05) is 6.54 Å². The lowest BCUT2D eigenvalue weighted by Gasteiger charge is -2.24. The fourth-order valence-electron chi connectivity index (χ4n) is 2.04. The van der Waals surface area contributed by atoms with Gasteiger partial charge in [-0.3, -0.25) is 4.68 Å². The third-order valence-electron chi connectivity index (χ3n) is 3.24. The summed E-state index contributed by atoms with van der Waals surface area (Å²) in [5.74, 6) is 1.60. The fourth-order valence-corrected chi connectivity index (χ4v) is 2.04. The van der Waals surface area contributed by atoms with Gasteiger partial charge in [-0.25, -0.2) is 0 Å². The van der Waals surface area contributed by atoms with Gasteiger partial charge in [0, 0.05) is 24.8 Å². The summed E-state index contributed by atoms with van der Waals surface area (Å²) in [6, 6.07) is 0. The largest absolute Gasteiger partial charge is 0.312 e. The number of nitrogens with one attached hydrogen (secondary N) is 1. The first-order chi connectivity index (χ1) is 7.74. The molecule has 0 atom stereocenters. The van der Waals surface area contributed by atoms with Gasteiger partial charge in [-0.05, 0) is 31.2 Å². The van der Waals surface area contributed by atoms with Crippen LogP contribution in [-0.4, -0.2) is 16.3 Å². The maximum absolute atomic E-state index is 4.41. The SMILES string of the molecule is CC(C)CNCc1cnn(CC2CCC2)c1. The first-order valence-corrected chi connectivity index (χ1v) is 6.46. The zero-order valence-corrected chi connectivity index (χ0v) is 10.4. The zero-order valence-electron chi connectivity index (χ0n) is 10.4. The molecule has 0 bridgehead atoms. The van der Waals surface area contributed by atoms with Crippen molar-refractivity contribution in [3.05, 3.63) is 18.0 Å². The van der Waals surface area contributed by atoms with Crippen LogP contribution in [0.15, 0.2) is 12.4 Å². The average molecular weight is 221 g/mol. The molecule has 3 nitrogen and oxygen atoms in total. The van der Waals surface area contributed by atoms with Gasteiger partial charge in [-0.15, -0.1) is 0 Å². The molecule has 1 aromatic heterocycles. The molecule has 0 amide bonds. The van der Waals surface area contributed by atoms with Gasteiger partial charge in [0.2, 0.25) is 0 Å². The minimum Gasteiger partial charge on any atom is -0.312 e. The van der Waals surface area contributed by atoms with Crippen molar-refractivity contribution in [3.63, 3.8) is 0 Å². The van der Waals surface area contributed by atoms with Crippen molar-refractivity contribution in [3.8, 4) is 0 Å². The molecule has 1 aromatic rings. The monoisotopic (exact) mass is 221 g/mol. The first-order valence-electron chi connectivity index (χ1n) is 6.46. The summed E-state index contributed by atoms with van der Waals surface area (Å²) in [6.07, 6.45) is 8.37. The molecule has 0 unspecified atom stereocenters. The Balaban J connectivity index is 1.73. The van der Waals surface area contributed by atoms with Gasteiger partial charge in [0.1, 0.15) is 0 Å². The quantitative estimate of drug-likeness (QED) is 0.799. The second-order valence-corrected chi connectivity index (χ2v) is 5.39. The Bertz CT molecular complexity index is 313. The van der Waals surface area contributed by atoms with Gasteiger partial charge in [0.05, 0.1) is 6.20 Å². The van der Waals surface area contributed by atoms with Crippen LogP contribution in [-0.2, 0) is 13.1 Å². The third kappa shape index (κ3) is 3.34. The number of aromatic nitrogens is 2. The Morgan fingerprint density at radius 2 is 2.31 bits per heavy atom. The van der Waals surface area contributed by atoms with Gasteiger partial charge < -0.3 is 5.32 Å². The van der Waals surface area contributed by atoms with Crippen LogP contribution in [0.1, 0.15) is 38.7 Å². The third-order valence-corrected chi connectivity index (χ3v) is 3.24. The van der Waals surface area contributed by atoms with Gasteiger partial charge in [0.15, 0.2) is 0 Å². The lowest BCUT2D eigenvalue weighted by Crippen LogP contribution is -2.19. The van der Waals surface area contributed by atoms with Crippen LogP contribution >= 0.6 is 0 Å². The highest BCUT2D eigenvalue weighted by Gasteiger charge is 2.17. The summed E-state index contributed by atoms with van der Waals surface area (Å²) >= 11 is 0. The van der Waals surface area contributed by atoms with Crippen molar-refractivity contribution in [2.24, 2.45) is 11.8 Å². The predicted octanol–water partition coefficient (Wildman–Crippen LogP) is 2.43. The van der Waals surface area contributed by atoms with E-state index < -0.39 is 0 Å². The van der Waals surface area contributed by atoms with E-state index in [2.05, 4.69) is 35.1 Å². The van der Waals surface area contributed by atoms with E-state index in [1.807, 2.05) is 6.20 Å². The molecule has 1 saturated carbocycles. The second-order valence-electron chi connectivity index (χ2n) is 5.39. The van der Waals surface area contributed by atoms with E-state index in [0.717, 1.165) is 25.6 Å². The van der Waals surface area contributed by atoms with Gasteiger partial charge in [0.25, 0.3) is 0 Å². The number of rotatable bonds is 6. The lowest BCUT2D eigenvalue weighted by atomic mass is 9.85. The van der Waals surface area contributed by atoms with Crippen molar-refractivity contribution in [1.29, 1.82) is 0 Å². The molecular weight excluding hydrogens is 198 g/mol. The Morgan fingerprint density at radius 3 is 2.94 bits per heavy atom. The van der Waals surface area contributed by atoms with Crippen LogP contribution in [0, 0.1) is 11.8 Å². The molecule has 3 heteroatoms. The molecule has 1 aliphatic rings. The minimum atomic E-state index is 0.713. The van der Waals surface area contributed by atoms with Crippen molar-refractivity contribution < 1.29 is 0 Å². The molecule has 0 spiro atoms. The molecule has 90 valence electrons. The smallest absolute Gasteiger partial charge is 0.0534 e. The molecule has 0 radical (unpaired) electrons. The van der Waals surface area contributed by atoms with Crippen LogP contribution in [0.5, 0.6) is 0 Å². The maximum Gasteiger partial charge on any atom is 0.0534 e. The van der Waals surface area contributed by atoms with E-state index in [-0.39, 0.29) is 0 Å².